The molecule has 1 saturated carbocycles. The van der Waals surface area contributed by atoms with Gasteiger partial charge in [-0.2, -0.15) is 0 Å². The predicted octanol–water partition coefficient (Wildman–Crippen LogP) is 2.20. The molecule has 26 heavy (non-hydrogen) atoms. The van der Waals surface area contributed by atoms with Gasteiger partial charge in [-0.25, -0.2) is 0 Å². The van der Waals surface area contributed by atoms with Crippen LogP contribution in [0, 0.1) is 5.92 Å². The second-order valence-corrected chi connectivity index (χ2v) is 7.82. The summed E-state index contributed by atoms with van der Waals surface area (Å²) >= 11 is 0. The SMILES string of the molecule is CCNC(=NCC1CCN(C2CC2)C1)NCCc1ccc2c(c1)CCO2. The highest BCUT2D eigenvalue weighted by Gasteiger charge is 2.34. The Balaban J connectivity index is 1.24. The third kappa shape index (κ3) is 4.50. The van der Waals surface area contributed by atoms with Crippen LogP contribution in [-0.2, 0) is 12.8 Å². The van der Waals surface area contributed by atoms with Gasteiger partial charge in [0.15, 0.2) is 5.96 Å². The summed E-state index contributed by atoms with van der Waals surface area (Å²) in [5.74, 6) is 2.75. The van der Waals surface area contributed by atoms with Gasteiger partial charge in [-0.1, -0.05) is 12.1 Å². The number of benzene rings is 1. The molecule has 0 bridgehead atoms. The Labute approximate surface area is 157 Å². The van der Waals surface area contributed by atoms with Gasteiger partial charge in [-0.15, -0.1) is 0 Å². The Morgan fingerprint density at radius 2 is 2.19 bits per heavy atom. The van der Waals surface area contributed by atoms with E-state index in [-0.39, 0.29) is 0 Å². The lowest BCUT2D eigenvalue weighted by Crippen LogP contribution is -2.38. The number of fused-ring (bicyclic) bond motifs is 1. The number of likely N-dealkylation sites (tertiary alicyclic amines) is 1. The van der Waals surface area contributed by atoms with E-state index in [2.05, 4.69) is 40.7 Å². The van der Waals surface area contributed by atoms with E-state index in [1.807, 2.05) is 0 Å². The second-order valence-electron chi connectivity index (χ2n) is 7.82. The van der Waals surface area contributed by atoms with E-state index in [1.165, 1.54) is 43.5 Å². The van der Waals surface area contributed by atoms with Crippen molar-refractivity contribution in [2.45, 2.75) is 45.1 Å². The van der Waals surface area contributed by atoms with Crippen molar-refractivity contribution < 1.29 is 4.74 Å². The minimum atomic E-state index is 0.725. The van der Waals surface area contributed by atoms with Crippen LogP contribution in [0.1, 0.15) is 37.3 Å². The average Bonchev–Trinajstić information content (AvgIpc) is 3.21. The zero-order valence-corrected chi connectivity index (χ0v) is 16.0. The Morgan fingerprint density at radius 1 is 1.27 bits per heavy atom. The summed E-state index contributed by atoms with van der Waals surface area (Å²) in [5.41, 5.74) is 2.72. The maximum Gasteiger partial charge on any atom is 0.191 e. The standard InChI is InChI=1S/C21H32N4O/c1-2-22-21(24-14-17-8-11-25(15-17)19-4-5-19)23-10-7-16-3-6-20-18(13-16)9-12-26-20/h3,6,13,17,19H,2,4-5,7-12,14-15H2,1H3,(H2,22,23,24). The predicted molar refractivity (Wildman–Crippen MR) is 106 cm³/mol. The number of nitrogens with zero attached hydrogens (tertiary/aromatic N) is 2. The molecular formula is C21H32N4O. The molecule has 2 heterocycles. The molecule has 1 aliphatic carbocycles. The second kappa shape index (κ2) is 8.30. The van der Waals surface area contributed by atoms with Crippen molar-refractivity contribution in [1.82, 2.24) is 15.5 Å². The summed E-state index contributed by atoms with van der Waals surface area (Å²) in [6.07, 6.45) is 6.18. The van der Waals surface area contributed by atoms with Gasteiger partial charge in [0.25, 0.3) is 0 Å². The van der Waals surface area contributed by atoms with Crippen LogP contribution >= 0.6 is 0 Å². The normalized spacial score (nSPS) is 23.0. The van der Waals surface area contributed by atoms with Crippen molar-refractivity contribution in [2.75, 3.05) is 39.3 Å². The van der Waals surface area contributed by atoms with Gasteiger partial charge in [-0.05, 0) is 62.3 Å². The summed E-state index contributed by atoms with van der Waals surface area (Å²) in [7, 11) is 0. The number of rotatable bonds is 7. The van der Waals surface area contributed by atoms with Gasteiger partial charge >= 0.3 is 0 Å². The number of ether oxygens (including phenoxy) is 1. The van der Waals surface area contributed by atoms with Crippen LogP contribution in [0.2, 0.25) is 0 Å². The van der Waals surface area contributed by atoms with Gasteiger partial charge in [0, 0.05) is 38.6 Å². The number of guanidine groups is 1. The largest absolute Gasteiger partial charge is 0.493 e. The van der Waals surface area contributed by atoms with Crippen molar-refractivity contribution in [3.8, 4) is 5.75 Å². The third-order valence-electron chi connectivity index (χ3n) is 5.69. The van der Waals surface area contributed by atoms with E-state index in [4.69, 9.17) is 9.73 Å². The Hall–Kier alpha value is -1.75. The molecule has 1 atom stereocenters. The molecule has 2 aliphatic heterocycles. The molecule has 2 fully saturated rings. The van der Waals surface area contributed by atoms with Crippen molar-refractivity contribution in [2.24, 2.45) is 10.9 Å². The van der Waals surface area contributed by atoms with Crippen LogP contribution in [0.25, 0.3) is 0 Å². The molecular weight excluding hydrogens is 324 g/mol. The monoisotopic (exact) mass is 356 g/mol. The molecule has 5 heteroatoms. The fourth-order valence-corrected chi connectivity index (χ4v) is 4.07. The zero-order chi connectivity index (χ0) is 17.8. The molecule has 0 amide bonds. The first-order valence-electron chi connectivity index (χ1n) is 10.3. The molecule has 1 saturated heterocycles. The van der Waals surface area contributed by atoms with E-state index >= 15 is 0 Å². The van der Waals surface area contributed by atoms with Gasteiger partial charge in [0.05, 0.1) is 6.61 Å². The number of hydrogen-bond donors (Lipinski definition) is 2. The Bertz CT molecular complexity index is 641. The molecule has 1 unspecified atom stereocenters. The maximum absolute atomic E-state index is 5.59. The molecule has 2 N–H and O–H groups in total. The fraction of sp³-hybridized carbons (Fsp3) is 0.667. The quantitative estimate of drug-likeness (QED) is 0.581. The molecule has 0 radical (unpaired) electrons. The van der Waals surface area contributed by atoms with Crippen LogP contribution in [0.5, 0.6) is 5.75 Å². The van der Waals surface area contributed by atoms with Crippen LogP contribution in [-0.4, -0.2) is 56.2 Å². The summed E-state index contributed by atoms with van der Waals surface area (Å²) < 4.78 is 5.59. The van der Waals surface area contributed by atoms with Crippen molar-refractivity contribution in [3.63, 3.8) is 0 Å². The maximum atomic E-state index is 5.59. The number of nitrogens with one attached hydrogen (secondary N) is 2. The zero-order valence-electron chi connectivity index (χ0n) is 16.0. The summed E-state index contributed by atoms with van der Waals surface area (Å²) in [6, 6.07) is 7.48. The van der Waals surface area contributed by atoms with Crippen LogP contribution in [0.15, 0.2) is 23.2 Å². The molecule has 5 nitrogen and oxygen atoms in total. The van der Waals surface area contributed by atoms with E-state index < -0.39 is 0 Å². The van der Waals surface area contributed by atoms with Gasteiger partial charge in [0.2, 0.25) is 0 Å². The fourth-order valence-electron chi connectivity index (χ4n) is 4.07. The minimum Gasteiger partial charge on any atom is -0.493 e. The van der Waals surface area contributed by atoms with Gasteiger partial charge < -0.3 is 20.3 Å². The lowest BCUT2D eigenvalue weighted by atomic mass is 10.1. The molecule has 3 aliphatic rings. The highest BCUT2D eigenvalue weighted by Crippen LogP contribution is 2.31. The molecule has 0 spiro atoms. The lowest BCUT2D eigenvalue weighted by Gasteiger charge is -2.15. The number of hydrogen-bond acceptors (Lipinski definition) is 3. The topological polar surface area (TPSA) is 48.9 Å². The van der Waals surface area contributed by atoms with Crippen molar-refractivity contribution in [1.29, 1.82) is 0 Å². The van der Waals surface area contributed by atoms with Gasteiger partial charge in [0.1, 0.15) is 5.75 Å². The van der Waals surface area contributed by atoms with Crippen LogP contribution in [0.3, 0.4) is 0 Å². The summed E-state index contributed by atoms with van der Waals surface area (Å²) in [4.78, 5) is 7.51. The van der Waals surface area contributed by atoms with Crippen LogP contribution in [0.4, 0.5) is 0 Å². The van der Waals surface area contributed by atoms with E-state index in [0.29, 0.717) is 0 Å². The first-order chi connectivity index (χ1) is 12.8. The molecule has 1 aromatic rings. The Morgan fingerprint density at radius 3 is 3.04 bits per heavy atom. The summed E-state index contributed by atoms with van der Waals surface area (Å²) in [6.45, 7) is 8.22. The van der Waals surface area contributed by atoms with E-state index in [0.717, 1.165) is 62.8 Å². The third-order valence-corrected chi connectivity index (χ3v) is 5.69. The lowest BCUT2D eigenvalue weighted by molar-refractivity contribution is 0.315. The van der Waals surface area contributed by atoms with E-state index in [1.54, 1.807) is 0 Å². The average molecular weight is 357 g/mol. The highest BCUT2D eigenvalue weighted by atomic mass is 16.5. The van der Waals surface area contributed by atoms with Crippen molar-refractivity contribution >= 4 is 5.96 Å². The summed E-state index contributed by atoms with van der Waals surface area (Å²) in [5, 5.41) is 6.89. The number of aliphatic imine (C=N–C) groups is 1. The first-order valence-corrected chi connectivity index (χ1v) is 10.3. The highest BCUT2D eigenvalue weighted by molar-refractivity contribution is 5.79. The molecule has 142 valence electrons. The van der Waals surface area contributed by atoms with Crippen LogP contribution < -0.4 is 15.4 Å². The van der Waals surface area contributed by atoms with Gasteiger partial charge in [-0.3, -0.25) is 4.99 Å². The first kappa shape index (κ1) is 17.7. The smallest absolute Gasteiger partial charge is 0.191 e. The molecule has 1 aromatic carbocycles. The van der Waals surface area contributed by atoms with E-state index in [9.17, 15) is 0 Å². The molecule has 0 aromatic heterocycles. The minimum absolute atomic E-state index is 0.725. The van der Waals surface area contributed by atoms with Crippen molar-refractivity contribution in [3.05, 3.63) is 29.3 Å². The Kier molecular flexibility index (Phi) is 5.63. The molecule has 4 rings (SSSR count).